The lowest BCUT2D eigenvalue weighted by Gasteiger charge is -2.28. The lowest BCUT2D eigenvalue weighted by Crippen LogP contribution is -2.31. The van der Waals surface area contributed by atoms with Crippen molar-refractivity contribution in [3.63, 3.8) is 0 Å². The van der Waals surface area contributed by atoms with E-state index in [1.54, 1.807) is 5.56 Å². The van der Waals surface area contributed by atoms with Gasteiger partial charge in [0, 0.05) is 6.04 Å². The number of fused-ring (bicyclic) bond motifs is 1. The third-order valence-electron chi connectivity index (χ3n) is 4.39. The van der Waals surface area contributed by atoms with E-state index in [1.165, 1.54) is 37.8 Å². The van der Waals surface area contributed by atoms with Crippen molar-refractivity contribution in [1.82, 2.24) is 5.32 Å². The summed E-state index contributed by atoms with van der Waals surface area (Å²) in [6.07, 6.45) is 5.51. The molecule has 1 fully saturated rings. The molecule has 0 bridgehead atoms. The van der Waals surface area contributed by atoms with E-state index in [2.05, 4.69) is 43.4 Å². The first-order valence-corrected chi connectivity index (χ1v) is 6.98. The van der Waals surface area contributed by atoms with Gasteiger partial charge in [-0.25, -0.2) is 0 Å². The second-order valence-corrected chi connectivity index (χ2v) is 6.48. The standard InChI is InChI=1S/C16H23N/c1-16(2)11-13-5-3-4-6-14(13)15(16)17-10-9-12-7-8-12/h3-6,12,15,17H,7-11H2,1-2H3. The zero-order valence-electron chi connectivity index (χ0n) is 11.0. The Morgan fingerprint density at radius 2 is 2.00 bits per heavy atom. The number of hydrogen-bond acceptors (Lipinski definition) is 1. The van der Waals surface area contributed by atoms with Gasteiger partial charge in [-0.1, -0.05) is 51.0 Å². The summed E-state index contributed by atoms with van der Waals surface area (Å²) in [5.41, 5.74) is 3.45. The first-order valence-electron chi connectivity index (χ1n) is 6.98. The molecular formula is C16H23N. The molecule has 2 aliphatic rings. The highest BCUT2D eigenvalue weighted by molar-refractivity contribution is 5.37. The second kappa shape index (κ2) is 4.13. The third-order valence-corrected chi connectivity index (χ3v) is 4.39. The van der Waals surface area contributed by atoms with Crippen LogP contribution in [0.5, 0.6) is 0 Å². The predicted octanol–water partition coefficient (Wildman–Crippen LogP) is 3.70. The SMILES string of the molecule is CC1(C)Cc2ccccc2C1NCCC1CC1. The average molecular weight is 229 g/mol. The van der Waals surface area contributed by atoms with Crippen LogP contribution in [0.3, 0.4) is 0 Å². The van der Waals surface area contributed by atoms with Gasteiger partial charge in [-0.3, -0.25) is 0 Å². The Morgan fingerprint density at radius 1 is 1.24 bits per heavy atom. The van der Waals surface area contributed by atoms with Crippen LogP contribution >= 0.6 is 0 Å². The van der Waals surface area contributed by atoms with Gasteiger partial charge in [-0.2, -0.15) is 0 Å². The average Bonchev–Trinajstić information content (AvgIpc) is 3.05. The Labute approximate surface area is 105 Å². The molecule has 1 nitrogen and oxygen atoms in total. The van der Waals surface area contributed by atoms with Crippen LogP contribution in [-0.2, 0) is 6.42 Å². The summed E-state index contributed by atoms with van der Waals surface area (Å²) in [5.74, 6) is 1.03. The third kappa shape index (κ3) is 2.26. The van der Waals surface area contributed by atoms with E-state index < -0.39 is 0 Å². The van der Waals surface area contributed by atoms with Gasteiger partial charge in [0.1, 0.15) is 0 Å². The summed E-state index contributed by atoms with van der Waals surface area (Å²) in [4.78, 5) is 0. The quantitative estimate of drug-likeness (QED) is 0.830. The minimum absolute atomic E-state index is 0.368. The molecule has 0 heterocycles. The molecule has 1 aromatic rings. The van der Waals surface area contributed by atoms with Gasteiger partial charge >= 0.3 is 0 Å². The summed E-state index contributed by atoms with van der Waals surface area (Å²) in [6, 6.07) is 9.49. The topological polar surface area (TPSA) is 12.0 Å². The molecule has 1 unspecified atom stereocenters. The largest absolute Gasteiger partial charge is 0.309 e. The summed E-state index contributed by atoms with van der Waals surface area (Å²) < 4.78 is 0. The van der Waals surface area contributed by atoms with Crippen LogP contribution in [0.1, 0.15) is 50.3 Å². The molecule has 3 rings (SSSR count). The Bertz CT molecular complexity index is 404. The van der Waals surface area contributed by atoms with Crippen LogP contribution in [0.2, 0.25) is 0 Å². The zero-order chi connectivity index (χ0) is 11.9. The summed E-state index contributed by atoms with van der Waals surface area (Å²) in [7, 11) is 0. The van der Waals surface area contributed by atoms with E-state index in [0.29, 0.717) is 11.5 Å². The molecule has 17 heavy (non-hydrogen) atoms. The maximum atomic E-state index is 3.80. The fraction of sp³-hybridized carbons (Fsp3) is 0.625. The van der Waals surface area contributed by atoms with E-state index in [4.69, 9.17) is 0 Å². The van der Waals surface area contributed by atoms with E-state index in [9.17, 15) is 0 Å². The molecule has 1 aromatic carbocycles. The van der Waals surface area contributed by atoms with Gasteiger partial charge in [-0.05, 0) is 41.8 Å². The monoisotopic (exact) mass is 229 g/mol. The molecule has 2 aliphatic carbocycles. The normalized spacial score (nSPS) is 25.9. The Morgan fingerprint density at radius 3 is 2.76 bits per heavy atom. The highest BCUT2D eigenvalue weighted by Gasteiger charge is 2.38. The van der Waals surface area contributed by atoms with Crippen molar-refractivity contribution in [3.8, 4) is 0 Å². The maximum Gasteiger partial charge on any atom is 0.0377 e. The lowest BCUT2D eigenvalue weighted by molar-refractivity contribution is 0.268. The van der Waals surface area contributed by atoms with Crippen LogP contribution in [0.25, 0.3) is 0 Å². The molecule has 0 saturated heterocycles. The molecule has 1 saturated carbocycles. The van der Waals surface area contributed by atoms with Gasteiger partial charge in [0.05, 0.1) is 0 Å². The molecule has 0 amide bonds. The maximum absolute atomic E-state index is 3.80. The van der Waals surface area contributed by atoms with Gasteiger partial charge in [-0.15, -0.1) is 0 Å². The molecule has 1 heteroatoms. The van der Waals surface area contributed by atoms with Gasteiger partial charge in [0.15, 0.2) is 0 Å². The van der Waals surface area contributed by atoms with Crippen molar-refractivity contribution >= 4 is 0 Å². The van der Waals surface area contributed by atoms with Crippen LogP contribution < -0.4 is 5.32 Å². The van der Waals surface area contributed by atoms with Gasteiger partial charge < -0.3 is 5.32 Å². The van der Waals surface area contributed by atoms with Crippen LogP contribution in [-0.4, -0.2) is 6.54 Å². The van der Waals surface area contributed by atoms with Crippen molar-refractivity contribution in [3.05, 3.63) is 35.4 Å². The van der Waals surface area contributed by atoms with Crippen molar-refractivity contribution < 1.29 is 0 Å². The fourth-order valence-corrected chi connectivity index (χ4v) is 3.22. The summed E-state index contributed by atoms with van der Waals surface area (Å²) >= 11 is 0. The molecule has 0 aromatic heterocycles. The molecule has 92 valence electrons. The molecule has 1 N–H and O–H groups in total. The molecule has 0 aliphatic heterocycles. The van der Waals surface area contributed by atoms with E-state index in [-0.39, 0.29) is 0 Å². The minimum atomic E-state index is 0.368. The number of nitrogens with one attached hydrogen (secondary N) is 1. The van der Waals surface area contributed by atoms with Crippen molar-refractivity contribution in [2.75, 3.05) is 6.54 Å². The van der Waals surface area contributed by atoms with E-state index in [1.807, 2.05) is 0 Å². The molecule has 1 atom stereocenters. The summed E-state index contributed by atoms with van der Waals surface area (Å²) in [6.45, 7) is 5.97. The smallest absolute Gasteiger partial charge is 0.0377 e. The van der Waals surface area contributed by atoms with Crippen LogP contribution in [0.15, 0.2) is 24.3 Å². The molecule has 0 radical (unpaired) electrons. The van der Waals surface area contributed by atoms with Crippen LogP contribution in [0, 0.1) is 11.3 Å². The zero-order valence-corrected chi connectivity index (χ0v) is 11.0. The first-order chi connectivity index (χ1) is 8.17. The van der Waals surface area contributed by atoms with Gasteiger partial charge in [0.2, 0.25) is 0 Å². The Hall–Kier alpha value is -0.820. The Kier molecular flexibility index (Phi) is 2.74. The molecular weight excluding hydrogens is 206 g/mol. The minimum Gasteiger partial charge on any atom is -0.309 e. The first kappa shape index (κ1) is 11.3. The highest BCUT2D eigenvalue weighted by atomic mass is 14.9. The lowest BCUT2D eigenvalue weighted by atomic mass is 9.85. The predicted molar refractivity (Wildman–Crippen MR) is 72.0 cm³/mol. The van der Waals surface area contributed by atoms with E-state index >= 15 is 0 Å². The van der Waals surface area contributed by atoms with Crippen molar-refractivity contribution in [2.45, 2.75) is 45.6 Å². The van der Waals surface area contributed by atoms with Crippen LogP contribution in [0.4, 0.5) is 0 Å². The van der Waals surface area contributed by atoms with Crippen molar-refractivity contribution in [1.29, 1.82) is 0 Å². The summed E-state index contributed by atoms with van der Waals surface area (Å²) in [5, 5.41) is 3.80. The number of hydrogen-bond donors (Lipinski definition) is 1. The Balaban J connectivity index is 1.71. The fourth-order valence-electron chi connectivity index (χ4n) is 3.22. The second-order valence-electron chi connectivity index (χ2n) is 6.48. The van der Waals surface area contributed by atoms with Crippen molar-refractivity contribution in [2.24, 2.45) is 11.3 Å². The number of benzene rings is 1. The van der Waals surface area contributed by atoms with Gasteiger partial charge in [0.25, 0.3) is 0 Å². The van der Waals surface area contributed by atoms with E-state index in [0.717, 1.165) is 5.92 Å². The molecule has 0 spiro atoms. The highest BCUT2D eigenvalue weighted by Crippen LogP contribution is 2.45. The number of rotatable bonds is 4.